The fraction of sp³-hybridized carbons (Fsp3) is 0.333. The van der Waals surface area contributed by atoms with E-state index in [1.807, 2.05) is 0 Å². The van der Waals surface area contributed by atoms with Crippen molar-refractivity contribution in [1.29, 1.82) is 0 Å². The molecule has 0 radical (unpaired) electrons. The lowest BCUT2D eigenvalue weighted by Gasteiger charge is -2.04. The quantitative estimate of drug-likeness (QED) is 0.767. The van der Waals surface area contributed by atoms with E-state index in [1.165, 1.54) is 0 Å². The van der Waals surface area contributed by atoms with Gasteiger partial charge >= 0.3 is 6.18 Å². The third-order valence-corrected chi connectivity index (χ3v) is 1.22. The van der Waals surface area contributed by atoms with Gasteiger partial charge in [-0.05, 0) is 0 Å². The number of alkyl halides is 3. The standard InChI is InChI=1S/C6H6F3N3.ClH/c7-6(8,9)4-2-11-5(1-10)12-3-4;/h2-3H,1,10H2;1H. The minimum atomic E-state index is -4.38. The van der Waals surface area contributed by atoms with Gasteiger partial charge in [0.15, 0.2) is 0 Å². The molecule has 0 aliphatic carbocycles. The number of hydrogen-bond donors (Lipinski definition) is 1. The molecule has 0 aliphatic heterocycles. The molecule has 1 aromatic rings. The maximum atomic E-state index is 11.9. The van der Waals surface area contributed by atoms with E-state index in [1.54, 1.807) is 0 Å². The van der Waals surface area contributed by atoms with E-state index in [9.17, 15) is 13.2 Å². The number of nitrogens with zero attached hydrogens (tertiary/aromatic N) is 2. The van der Waals surface area contributed by atoms with Crippen LogP contribution in [0.2, 0.25) is 0 Å². The van der Waals surface area contributed by atoms with Crippen LogP contribution in [-0.4, -0.2) is 9.97 Å². The average Bonchev–Trinajstić information content (AvgIpc) is 2.03. The highest BCUT2D eigenvalue weighted by Crippen LogP contribution is 2.27. The minimum Gasteiger partial charge on any atom is -0.324 e. The second-order valence-corrected chi connectivity index (χ2v) is 2.09. The van der Waals surface area contributed by atoms with Crippen LogP contribution < -0.4 is 5.73 Å². The van der Waals surface area contributed by atoms with Crippen LogP contribution in [0.4, 0.5) is 13.2 Å². The zero-order chi connectivity index (χ0) is 9.19. The summed E-state index contributed by atoms with van der Waals surface area (Å²) in [6.45, 7) is 0.0398. The second kappa shape index (κ2) is 4.38. The summed E-state index contributed by atoms with van der Waals surface area (Å²) in [6.07, 6.45) is -2.95. The van der Waals surface area contributed by atoms with Gasteiger partial charge in [-0.15, -0.1) is 12.4 Å². The number of halogens is 4. The Morgan fingerprint density at radius 2 is 1.69 bits per heavy atom. The monoisotopic (exact) mass is 213 g/mol. The molecule has 1 heterocycles. The Bertz CT molecular complexity index is 259. The zero-order valence-corrected chi connectivity index (χ0v) is 7.19. The Balaban J connectivity index is 0.00000144. The first-order valence-electron chi connectivity index (χ1n) is 3.12. The summed E-state index contributed by atoms with van der Waals surface area (Å²) in [5, 5.41) is 0. The lowest BCUT2D eigenvalue weighted by atomic mass is 10.3. The van der Waals surface area contributed by atoms with Crippen molar-refractivity contribution in [2.45, 2.75) is 12.7 Å². The van der Waals surface area contributed by atoms with E-state index in [0.29, 0.717) is 0 Å². The molecule has 3 nitrogen and oxygen atoms in total. The fourth-order valence-corrected chi connectivity index (χ4v) is 0.607. The zero-order valence-electron chi connectivity index (χ0n) is 6.38. The van der Waals surface area contributed by atoms with Gasteiger partial charge in [0.2, 0.25) is 0 Å². The molecule has 0 fully saturated rings. The molecule has 74 valence electrons. The van der Waals surface area contributed by atoms with Crippen LogP contribution in [0.3, 0.4) is 0 Å². The molecule has 0 aromatic carbocycles. The molecule has 1 rings (SSSR count). The highest BCUT2D eigenvalue weighted by atomic mass is 35.5. The number of hydrogen-bond acceptors (Lipinski definition) is 3. The first kappa shape index (κ1) is 12.1. The van der Waals surface area contributed by atoms with Crippen molar-refractivity contribution in [3.05, 3.63) is 23.8 Å². The van der Waals surface area contributed by atoms with Crippen LogP contribution >= 0.6 is 12.4 Å². The molecule has 13 heavy (non-hydrogen) atoms. The van der Waals surface area contributed by atoms with E-state index in [-0.39, 0.29) is 24.8 Å². The van der Waals surface area contributed by atoms with Crippen LogP contribution in [0.15, 0.2) is 12.4 Å². The van der Waals surface area contributed by atoms with Crippen molar-refractivity contribution in [3.63, 3.8) is 0 Å². The number of nitrogens with two attached hydrogens (primary N) is 1. The molecular formula is C6H7ClF3N3. The van der Waals surface area contributed by atoms with Gasteiger partial charge in [0, 0.05) is 12.4 Å². The first-order chi connectivity index (χ1) is 5.54. The van der Waals surface area contributed by atoms with E-state index in [4.69, 9.17) is 5.73 Å². The molecular weight excluding hydrogens is 207 g/mol. The molecule has 0 saturated heterocycles. The van der Waals surface area contributed by atoms with Crippen molar-refractivity contribution in [3.8, 4) is 0 Å². The summed E-state index contributed by atoms with van der Waals surface area (Å²) < 4.78 is 35.7. The second-order valence-electron chi connectivity index (χ2n) is 2.09. The SMILES string of the molecule is Cl.NCc1ncc(C(F)(F)F)cn1. The van der Waals surface area contributed by atoms with Gasteiger partial charge in [-0.2, -0.15) is 13.2 Å². The van der Waals surface area contributed by atoms with Crippen LogP contribution in [0.1, 0.15) is 11.4 Å². The smallest absolute Gasteiger partial charge is 0.324 e. The normalized spacial score (nSPS) is 10.8. The minimum absolute atomic E-state index is 0. The third-order valence-electron chi connectivity index (χ3n) is 1.22. The number of aromatic nitrogens is 2. The van der Waals surface area contributed by atoms with Crippen LogP contribution in [-0.2, 0) is 12.7 Å². The molecule has 7 heteroatoms. The molecule has 0 unspecified atom stereocenters. The maximum Gasteiger partial charge on any atom is 0.419 e. The maximum absolute atomic E-state index is 11.9. The van der Waals surface area contributed by atoms with Crippen molar-refractivity contribution in [1.82, 2.24) is 9.97 Å². The topological polar surface area (TPSA) is 51.8 Å². The van der Waals surface area contributed by atoms with E-state index < -0.39 is 11.7 Å². The number of rotatable bonds is 1. The first-order valence-corrected chi connectivity index (χ1v) is 3.12. The summed E-state index contributed by atoms with van der Waals surface area (Å²) in [5.41, 5.74) is 4.24. The van der Waals surface area contributed by atoms with Gasteiger partial charge < -0.3 is 5.73 Å². The highest BCUT2D eigenvalue weighted by Gasteiger charge is 2.31. The Morgan fingerprint density at radius 3 is 2.00 bits per heavy atom. The molecule has 0 aliphatic rings. The molecule has 0 bridgehead atoms. The predicted octanol–water partition coefficient (Wildman–Crippen LogP) is 1.38. The van der Waals surface area contributed by atoms with Crippen LogP contribution in [0, 0.1) is 0 Å². The summed E-state index contributed by atoms with van der Waals surface area (Å²) in [4.78, 5) is 6.82. The van der Waals surface area contributed by atoms with Crippen molar-refractivity contribution < 1.29 is 13.2 Å². The molecule has 0 atom stereocenters. The van der Waals surface area contributed by atoms with Crippen molar-refractivity contribution in [2.75, 3.05) is 0 Å². The van der Waals surface area contributed by atoms with Gasteiger partial charge in [0.05, 0.1) is 12.1 Å². The van der Waals surface area contributed by atoms with E-state index >= 15 is 0 Å². The van der Waals surface area contributed by atoms with Crippen LogP contribution in [0.5, 0.6) is 0 Å². The van der Waals surface area contributed by atoms with Crippen molar-refractivity contribution in [2.24, 2.45) is 5.73 Å². The fourth-order valence-electron chi connectivity index (χ4n) is 0.607. The Morgan fingerprint density at radius 1 is 1.23 bits per heavy atom. The largest absolute Gasteiger partial charge is 0.419 e. The van der Waals surface area contributed by atoms with Gasteiger partial charge in [0.25, 0.3) is 0 Å². The third kappa shape index (κ3) is 3.16. The molecule has 0 saturated carbocycles. The molecule has 1 aromatic heterocycles. The summed E-state index contributed by atoms with van der Waals surface area (Å²) >= 11 is 0. The lowest BCUT2D eigenvalue weighted by Crippen LogP contribution is -2.09. The summed E-state index contributed by atoms with van der Waals surface area (Å²) in [7, 11) is 0. The molecule has 0 spiro atoms. The highest BCUT2D eigenvalue weighted by molar-refractivity contribution is 5.85. The van der Waals surface area contributed by atoms with Gasteiger partial charge in [-0.1, -0.05) is 0 Å². The summed E-state index contributed by atoms with van der Waals surface area (Å²) in [5.74, 6) is 0.197. The molecule has 2 N–H and O–H groups in total. The Labute approximate surface area is 78.6 Å². The molecule has 0 amide bonds. The predicted molar refractivity (Wildman–Crippen MR) is 42.2 cm³/mol. The summed E-state index contributed by atoms with van der Waals surface area (Å²) in [6, 6.07) is 0. The van der Waals surface area contributed by atoms with Crippen molar-refractivity contribution >= 4 is 12.4 Å². The average molecular weight is 214 g/mol. The van der Waals surface area contributed by atoms with Crippen LogP contribution in [0.25, 0.3) is 0 Å². The van der Waals surface area contributed by atoms with E-state index in [2.05, 4.69) is 9.97 Å². The van der Waals surface area contributed by atoms with E-state index in [0.717, 1.165) is 12.4 Å². The van der Waals surface area contributed by atoms with Gasteiger partial charge in [-0.25, -0.2) is 9.97 Å². The van der Waals surface area contributed by atoms with Gasteiger partial charge in [0.1, 0.15) is 5.82 Å². The van der Waals surface area contributed by atoms with Gasteiger partial charge in [-0.3, -0.25) is 0 Å². The Hall–Kier alpha value is -0.880. The lowest BCUT2D eigenvalue weighted by molar-refractivity contribution is -0.138. The Kier molecular flexibility index (Phi) is 4.09.